The minimum absolute atomic E-state index is 0.172. The number of hydrogen-bond acceptors (Lipinski definition) is 5. The Morgan fingerprint density at radius 1 is 0.750 bits per heavy atom. The molecular formula is C23H18N4O. The number of para-hydroxylation sites is 1. The molecule has 0 saturated heterocycles. The van der Waals surface area contributed by atoms with E-state index in [1.165, 1.54) is 0 Å². The summed E-state index contributed by atoms with van der Waals surface area (Å²) in [6.07, 6.45) is 1.56. The van der Waals surface area contributed by atoms with Crippen LogP contribution < -0.4 is 5.43 Å². The Morgan fingerprint density at radius 2 is 1.39 bits per heavy atom. The predicted molar refractivity (Wildman–Crippen MR) is 112 cm³/mol. The molecule has 0 aliphatic rings. The third-order valence-corrected chi connectivity index (χ3v) is 4.15. The summed E-state index contributed by atoms with van der Waals surface area (Å²) in [5.41, 5.74) is 6.29. The van der Waals surface area contributed by atoms with Crippen molar-refractivity contribution in [1.82, 2.24) is 9.97 Å². The van der Waals surface area contributed by atoms with Gasteiger partial charge in [0.15, 0.2) is 11.6 Å². The third kappa shape index (κ3) is 4.04. The lowest BCUT2D eigenvalue weighted by atomic mass is 10.1. The molecule has 0 radical (unpaired) electrons. The lowest BCUT2D eigenvalue weighted by molar-refractivity contribution is 0.474. The standard InChI is InChI=1S/C23H18N4O/c28-21-14-8-7-13-19(21)16-24-27-22-15-20(17-9-3-1-4-10-17)25-23(26-22)18-11-5-2-6-12-18/h1-16,28H,(H,25,26,27). The molecule has 1 aromatic heterocycles. The molecule has 4 aromatic rings. The number of rotatable bonds is 5. The molecule has 4 rings (SSSR count). The molecule has 28 heavy (non-hydrogen) atoms. The van der Waals surface area contributed by atoms with Crippen molar-refractivity contribution in [3.05, 3.63) is 96.6 Å². The summed E-state index contributed by atoms with van der Waals surface area (Å²) in [6.45, 7) is 0. The highest BCUT2D eigenvalue weighted by Crippen LogP contribution is 2.24. The number of aromatic hydroxyl groups is 1. The van der Waals surface area contributed by atoms with Gasteiger partial charge in [-0.1, -0.05) is 72.8 Å². The number of benzene rings is 3. The van der Waals surface area contributed by atoms with Crippen LogP contribution in [-0.4, -0.2) is 21.3 Å². The molecule has 0 unspecified atom stereocenters. The molecule has 0 fully saturated rings. The summed E-state index contributed by atoms with van der Waals surface area (Å²) in [4.78, 5) is 9.30. The van der Waals surface area contributed by atoms with Gasteiger partial charge in [0.2, 0.25) is 0 Å². The molecule has 0 saturated carbocycles. The van der Waals surface area contributed by atoms with E-state index in [1.54, 1.807) is 24.4 Å². The zero-order valence-corrected chi connectivity index (χ0v) is 15.0. The molecule has 5 nitrogen and oxygen atoms in total. The molecule has 0 atom stereocenters. The monoisotopic (exact) mass is 366 g/mol. The largest absolute Gasteiger partial charge is 0.507 e. The molecule has 136 valence electrons. The van der Waals surface area contributed by atoms with Crippen LogP contribution >= 0.6 is 0 Å². The summed E-state index contributed by atoms with van der Waals surface area (Å²) < 4.78 is 0. The quantitative estimate of drug-likeness (QED) is 0.387. The van der Waals surface area contributed by atoms with Crippen LogP contribution in [0.1, 0.15) is 5.56 Å². The molecule has 0 amide bonds. The smallest absolute Gasteiger partial charge is 0.162 e. The minimum atomic E-state index is 0.172. The predicted octanol–water partition coefficient (Wildman–Crippen LogP) is 4.96. The van der Waals surface area contributed by atoms with Crippen molar-refractivity contribution >= 4 is 12.0 Å². The molecular weight excluding hydrogens is 348 g/mol. The Bertz CT molecular complexity index is 1040. The van der Waals surface area contributed by atoms with E-state index in [4.69, 9.17) is 4.98 Å². The van der Waals surface area contributed by atoms with E-state index in [0.29, 0.717) is 17.2 Å². The van der Waals surface area contributed by atoms with Crippen molar-refractivity contribution in [2.45, 2.75) is 0 Å². The van der Waals surface area contributed by atoms with Crippen molar-refractivity contribution in [3.63, 3.8) is 0 Å². The zero-order chi connectivity index (χ0) is 19.2. The number of anilines is 1. The van der Waals surface area contributed by atoms with Crippen LogP contribution in [0.25, 0.3) is 22.6 Å². The van der Waals surface area contributed by atoms with Gasteiger partial charge >= 0.3 is 0 Å². The maximum atomic E-state index is 9.85. The zero-order valence-electron chi connectivity index (χ0n) is 15.0. The van der Waals surface area contributed by atoms with Gasteiger partial charge in [-0.2, -0.15) is 5.10 Å². The second-order valence-corrected chi connectivity index (χ2v) is 6.12. The van der Waals surface area contributed by atoms with Gasteiger partial charge in [0.25, 0.3) is 0 Å². The first kappa shape index (κ1) is 17.4. The van der Waals surface area contributed by atoms with E-state index in [0.717, 1.165) is 16.8 Å². The molecule has 0 bridgehead atoms. The fourth-order valence-corrected chi connectivity index (χ4v) is 2.74. The van der Waals surface area contributed by atoms with Gasteiger partial charge in [-0.3, -0.25) is 5.43 Å². The van der Waals surface area contributed by atoms with Crippen molar-refractivity contribution in [2.24, 2.45) is 5.10 Å². The third-order valence-electron chi connectivity index (χ3n) is 4.15. The molecule has 0 spiro atoms. The minimum Gasteiger partial charge on any atom is -0.507 e. The molecule has 0 aliphatic carbocycles. The summed E-state index contributed by atoms with van der Waals surface area (Å²) in [7, 11) is 0. The van der Waals surface area contributed by atoms with Gasteiger partial charge < -0.3 is 5.11 Å². The van der Waals surface area contributed by atoms with Crippen molar-refractivity contribution in [3.8, 4) is 28.4 Å². The van der Waals surface area contributed by atoms with Crippen LogP contribution in [0.15, 0.2) is 96.1 Å². The lowest BCUT2D eigenvalue weighted by Gasteiger charge is -2.08. The Balaban J connectivity index is 1.69. The first-order valence-corrected chi connectivity index (χ1v) is 8.86. The van der Waals surface area contributed by atoms with Crippen LogP contribution in [0, 0.1) is 0 Å². The average Bonchev–Trinajstić information content (AvgIpc) is 2.76. The average molecular weight is 366 g/mol. The van der Waals surface area contributed by atoms with E-state index < -0.39 is 0 Å². The Labute approximate surface area is 163 Å². The number of hydrazone groups is 1. The number of phenolic OH excluding ortho intramolecular Hbond substituents is 1. The van der Waals surface area contributed by atoms with E-state index in [2.05, 4.69) is 15.5 Å². The summed E-state index contributed by atoms with van der Waals surface area (Å²) in [5.74, 6) is 1.35. The van der Waals surface area contributed by atoms with Gasteiger partial charge in [0.05, 0.1) is 11.9 Å². The van der Waals surface area contributed by atoms with E-state index in [-0.39, 0.29) is 5.75 Å². The summed E-state index contributed by atoms with van der Waals surface area (Å²) in [6, 6.07) is 28.6. The maximum Gasteiger partial charge on any atom is 0.162 e. The van der Waals surface area contributed by atoms with Crippen molar-refractivity contribution < 1.29 is 5.11 Å². The number of hydrogen-bond donors (Lipinski definition) is 2. The highest BCUT2D eigenvalue weighted by molar-refractivity contribution is 5.83. The topological polar surface area (TPSA) is 70.4 Å². The Morgan fingerprint density at radius 3 is 2.11 bits per heavy atom. The van der Waals surface area contributed by atoms with Gasteiger partial charge in [-0.25, -0.2) is 9.97 Å². The summed E-state index contributed by atoms with van der Waals surface area (Å²) >= 11 is 0. The van der Waals surface area contributed by atoms with Gasteiger partial charge in [-0.05, 0) is 12.1 Å². The molecule has 0 aliphatic heterocycles. The van der Waals surface area contributed by atoms with Crippen LogP contribution in [0.4, 0.5) is 5.82 Å². The molecule has 2 N–H and O–H groups in total. The normalized spacial score (nSPS) is 10.9. The highest BCUT2D eigenvalue weighted by atomic mass is 16.3. The SMILES string of the molecule is Oc1ccccc1C=NNc1cc(-c2ccccc2)nc(-c2ccccc2)n1. The second-order valence-electron chi connectivity index (χ2n) is 6.12. The van der Waals surface area contributed by atoms with Crippen LogP contribution in [0.3, 0.4) is 0 Å². The molecule has 5 heteroatoms. The lowest BCUT2D eigenvalue weighted by Crippen LogP contribution is -1.99. The highest BCUT2D eigenvalue weighted by Gasteiger charge is 2.08. The van der Waals surface area contributed by atoms with Gasteiger partial charge in [0.1, 0.15) is 5.75 Å². The van der Waals surface area contributed by atoms with Crippen LogP contribution in [-0.2, 0) is 0 Å². The van der Waals surface area contributed by atoms with E-state index in [1.807, 2.05) is 72.8 Å². The van der Waals surface area contributed by atoms with Crippen molar-refractivity contribution in [2.75, 3.05) is 5.43 Å². The maximum absolute atomic E-state index is 9.85. The first-order chi connectivity index (χ1) is 13.8. The first-order valence-electron chi connectivity index (χ1n) is 8.86. The number of aromatic nitrogens is 2. The Hall–Kier alpha value is -3.99. The Kier molecular flexibility index (Phi) is 5.06. The van der Waals surface area contributed by atoms with Crippen molar-refractivity contribution in [1.29, 1.82) is 0 Å². The van der Waals surface area contributed by atoms with Gasteiger partial charge in [0, 0.05) is 22.8 Å². The summed E-state index contributed by atoms with van der Waals surface area (Å²) in [5, 5.41) is 14.1. The number of nitrogens with zero attached hydrogens (tertiary/aromatic N) is 3. The molecule has 3 aromatic carbocycles. The number of phenols is 1. The molecule has 1 heterocycles. The number of nitrogens with one attached hydrogen (secondary N) is 1. The second kappa shape index (κ2) is 8.14. The van der Waals surface area contributed by atoms with Crippen LogP contribution in [0.2, 0.25) is 0 Å². The fraction of sp³-hybridized carbons (Fsp3) is 0. The fourth-order valence-electron chi connectivity index (χ4n) is 2.74. The van der Waals surface area contributed by atoms with E-state index >= 15 is 0 Å². The van der Waals surface area contributed by atoms with Gasteiger partial charge in [-0.15, -0.1) is 0 Å². The van der Waals surface area contributed by atoms with Crippen LogP contribution in [0.5, 0.6) is 5.75 Å². The van der Waals surface area contributed by atoms with E-state index in [9.17, 15) is 5.11 Å².